The molecule has 132 valence electrons. The summed E-state index contributed by atoms with van der Waals surface area (Å²) in [4.78, 5) is 2.47. The minimum atomic E-state index is -0.565. The number of nitrogens with zero attached hydrogens (tertiary/aromatic N) is 1. The van der Waals surface area contributed by atoms with E-state index in [4.69, 9.17) is 4.74 Å². The van der Waals surface area contributed by atoms with Gasteiger partial charge >= 0.3 is 0 Å². The average molecular weight is 329 g/mol. The zero-order chi connectivity index (χ0) is 17.0. The van der Waals surface area contributed by atoms with Crippen molar-refractivity contribution < 1.29 is 9.84 Å². The Labute approximate surface area is 146 Å². The van der Waals surface area contributed by atoms with Gasteiger partial charge in [-0.05, 0) is 50.6 Å². The molecule has 0 spiro atoms. The van der Waals surface area contributed by atoms with Crippen molar-refractivity contribution in [1.82, 2.24) is 4.90 Å². The van der Waals surface area contributed by atoms with Crippen LogP contribution in [0.25, 0.3) is 0 Å². The Hall–Kier alpha value is -1.16. The fourth-order valence-corrected chi connectivity index (χ4v) is 4.24. The number of fused-ring (bicyclic) bond motifs is 1. The SMILES string of the molecule is C[C@@H](/C=C1\CN2CCC[C@H]2[C@@](C)(O)C1)CCOCc1ccccc1. The summed E-state index contributed by atoms with van der Waals surface area (Å²) in [6, 6.07) is 10.7. The van der Waals surface area contributed by atoms with Crippen molar-refractivity contribution >= 4 is 0 Å². The normalized spacial score (nSPS) is 30.5. The van der Waals surface area contributed by atoms with Gasteiger partial charge in [-0.3, -0.25) is 4.90 Å². The van der Waals surface area contributed by atoms with Gasteiger partial charge in [-0.25, -0.2) is 0 Å². The first-order valence-corrected chi connectivity index (χ1v) is 9.32. The van der Waals surface area contributed by atoms with Gasteiger partial charge < -0.3 is 9.84 Å². The van der Waals surface area contributed by atoms with E-state index in [1.54, 1.807) is 0 Å². The molecule has 1 N–H and O–H groups in total. The molecule has 0 bridgehead atoms. The van der Waals surface area contributed by atoms with E-state index in [9.17, 15) is 5.11 Å². The van der Waals surface area contributed by atoms with Gasteiger partial charge in [0, 0.05) is 19.2 Å². The molecule has 0 saturated carbocycles. The molecule has 2 heterocycles. The predicted molar refractivity (Wildman–Crippen MR) is 97.8 cm³/mol. The molecule has 0 unspecified atom stereocenters. The maximum Gasteiger partial charge on any atom is 0.0811 e. The van der Waals surface area contributed by atoms with Crippen LogP contribution in [0.15, 0.2) is 42.0 Å². The zero-order valence-corrected chi connectivity index (χ0v) is 15.1. The molecule has 3 atom stereocenters. The summed E-state index contributed by atoms with van der Waals surface area (Å²) in [6.45, 7) is 7.90. The van der Waals surface area contributed by atoms with Crippen molar-refractivity contribution in [2.24, 2.45) is 5.92 Å². The number of hydrogen-bond donors (Lipinski definition) is 1. The van der Waals surface area contributed by atoms with Gasteiger partial charge in [0.25, 0.3) is 0 Å². The zero-order valence-electron chi connectivity index (χ0n) is 15.1. The molecule has 3 rings (SSSR count). The smallest absolute Gasteiger partial charge is 0.0811 e. The highest BCUT2D eigenvalue weighted by molar-refractivity contribution is 5.17. The second kappa shape index (κ2) is 7.81. The first kappa shape index (κ1) is 17.7. The van der Waals surface area contributed by atoms with Gasteiger partial charge in [-0.15, -0.1) is 0 Å². The van der Waals surface area contributed by atoms with E-state index in [2.05, 4.69) is 30.0 Å². The molecule has 3 nitrogen and oxygen atoms in total. The molecule has 0 aliphatic carbocycles. The Balaban J connectivity index is 1.45. The van der Waals surface area contributed by atoms with Crippen molar-refractivity contribution in [3.05, 3.63) is 47.5 Å². The van der Waals surface area contributed by atoms with Crippen molar-refractivity contribution in [1.29, 1.82) is 0 Å². The molecular formula is C21H31NO2. The highest BCUT2D eigenvalue weighted by Crippen LogP contribution is 2.37. The minimum Gasteiger partial charge on any atom is -0.388 e. The average Bonchev–Trinajstić information content (AvgIpc) is 3.01. The van der Waals surface area contributed by atoms with Crippen LogP contribution in [-0.2, 0) is 11.3 Å². The monoisotopic (exact) mass is 329 g/mol. The van der Waals surface area contributed by atoms with Gasteiger partial charge in [-0.2, -0.15) is 0 Å². The third-order valence-electron chi connectivity index (χ3n) is 5.42. The second-order valence-electron chi connectivity index (χ2n) is 7.79. The molecule has 2 saturated heterocycles. The second-order valence-corrected chi connectivity index (χ2v) is 7.79. The van der Waals surface area contributed by atoms with Crippen molar-refractivity contribution in [2.75, 3.05) is 19.7 Å². The van der Waals surface area contributed by atoms with Crippen LogP contribution in [0.1, 0.15) is 45.1 Å². The molecule has 0 aromatic heterocycles. The van der Waals surface area contributed by atoms with E-state index in [-0.39, 0.29) is 0 Å². The van der Waals surface area contributed by atoms with E-state index < -0.39 is 5.60 Å². The number of hydrogen-bond acceptors (Lipinski definition) is 3. The van der Waals surface area contributed by atoms with Crippen LogP contribution < -0.4 is 0 Å². The van der Waals surface area contributed by atoms with E-state index in [0.29, 0.717) is 18.6 Å². The van der Waals surface area contributed by atoms with Gasteiger partial charge in [-0.1, -0.05) is 48.9 Å². The van der Waals surface area contributed by atoms with E-state index in [0.717, 1.165) is 39.0 Å². The summed E-state index contributed by atoms with van der Waals surface area (Å²) >= 11 is 0. The third kappa shape index (κ3) is 4.47. The van der Waals surface area contributed by atoms with E-state index >= 15 is 0 Å². The van der Waals surface area contributed by atoms with Gasteiger partial charge in [0.05, 0.1) is 12.2 Å². The predicted octanol–water partition coefficient (Wildman–Crippen LogP) is 3.77. The van der Waals surface area contributed by atoms with Crippen molar-refractivity contribution in [2.45, 2.75) is 57.8 Å². The van der Waals surface area contributed by atoms with Crippen LogP contribution in [0.4, 0.5) is 0 Å². The maximum atomic E-state index is 10.8. The highest BCUT2D eigenvalue weighted by atomic mass is 16.5. The van der Waals surface area contributed by atoms with Crippen LogP contribution >= 0.6 is 0 Å². The summed E-state index contributed by atoms with van der Waals surface area (Å²) in [5, 5.41) is 10.8. The Morgan fingerprint density at radius 2 is 2.17 bits per heavy atom. The summed E-state index contributed by atoms with van der Waals surface area (Å²) in [7, 11) is 0. The number of rotatable bonds is 6. The van der Waals surface area contributed by atoms with Gasteiger partial charge in [0.15, 0.2) is 0 Å². The standard InChI is InChI=1S/C21H31NO2/c1-17(10-12-24-16-18-7-4-3-5-8-18)13-19-14-21(2,23)20-9-6-11-22(20)15-19/h3-5,7-8,13,17,20,23H,6,9-12,14-16H2,1-2H3/b19-13-/t17-,20+,21+/m1/s1. The van der Waals surface area contributed by atoms with E-state index in [1.807, 2.05) is 25.1 Å². The quantitative estimate of drug-likeness (QED) is 0.637. The number of ether oxygens (including phenoxy) is 1. The van der Waals surface area contributed by atoms with Crippen LogP contribution in [-0.4, -0.2) is 41.3 Å². The van der Waals surface area contributed by atoms with Crippen molar-refractivity contribution in [3.8, 4) is 0 Å². The molecule has 2 aliphatic rings. The Morgan fingerprint density at radius 1 is 1.38 bits per heavy atom. The number of aliphatic hydroxyl groups is 1. The largest absolute Gasteiger partial charge is 0.388 e. The van der Waals surface area contributed by atoms with Gasteiger partial charge in [0.2, 0.25) is 0 Å². The van der Waals surface area contributed by atoms with Crippen LogP contribution in [0.5, 0.6) is 0 Å². The van der Waals surface area contributed by atoms with Gasteiger partial charge in [0.1, 0.15) is 0 Å². The summed E-state index contributed by atoms with van der Waals surface area (Å²) in [5.74, 6) is 0.491. The molecular weight excluding hydrogens is 298 g/mol. The number of benzene rings is 1. The molecule has 0 radical (unpaired) electrons. The molecule has 2 aliphatic heterocycles. The Bertz CT molecular complexity index is 552. The first-order valence-electron chi connectivity index (χ1n) is 9.32. The summed E-state index contributed by atoms with van der Waals surface area (Å²) in [5.41, 5.74) is 2.06. The van der Waals surface area contributed by atoms with Crippen LogP contribution in [0, 0.1) is 5.92 Å². The molecule has 24 heavy (non-hydrogen) atoms. The fraction of sp³-hybridized carbons (Fsp3) is 0.619. The lowest BCUT2D eigenvalue weighted by molar-refractivity contribution is -0.0330. The molecule has 1 aromatic rings. The van der Waals surface area contributed by atoms with E-state index in [1.165, 1.54) is 17.6 Å². The number of allylic oxidation sites excluding steroid dienone is 1. The maximum absolute atomic E-state index is 10.8. The molecule has 2 fully saturated rings. The lowest BCUT2D eigenvalue weighted by atomic mass is 9.82. The first-order chi connectivity index (χ1) is 11.5. The lowest BCUT2D eigenvalue weighted by Crippen LogP contribution is -2.52. The molecule has 3 heteroatoms. The third-order valence-corrected chi connectivity index (χ3v) is 5.42. The minimum absolute atomic E-state index is 0.360. The Kier molecular flexibility index (Phi) is 5.75. The van der Waals surface area contributed by atoms with Crippen LogP contribution in [0.3, 0.4) is 0 Å². The Morgan fingerprint density at radius 3 is 2.96 bits per heavy atom. The topological polar surface area (TPSA) is 32.7 Å². The molecule has 1 aromatic carbocycles. The lowest BCUT2D eigenvalue weighted by Gasteiger charge is -2.43. The highest BCUT2D eigenvalue weighted by Gasteiger charge is 2.43. The number of piperidine rings is 1. The molecule has 0 amide bonds. The summed E-state index contributed by atoms with van der Waals surface area (Å²) < 4.78 is 5.80. The van der Waals surface area contributed by atoms with Crippen molar-refractivity contribution in [3.63, 3.8) is 0 Å². The summed E-state index contributed by atoms with van der Waals surface area (Å²) in [6.07, 6.45) is 6.58. The fourth-order valence-electron chi connectivity index (χ4n) is 4.24. The van der Waals surface area contributed by atoms with Crippen LogP contribution in [0.2, 0.25) is 0 Å².